The van der Waals surface area contributed by atoms with Crippen molar-refractivity contribution in [3.05, 3.63) is 380 Å². The molecule has 0 fully saturated rings. The van der Waals surface area contributed by atoms with Crippen molar-refractivity contribution in [1.82, 2.24) is 24.9 Å². The second-order valence-corrected chi connectivity index (χ2v) is 39.7. The van der Waals surface area contributed by atoms with Crippen LogP contribution in [0.1, 0.15) is 147 Å². The summed E-state index contributed by atoms with van der Waals surface area (Å²) >= 11 is 0. The molecule has 0 aliphatic heterocycles. The maximum Gasteiger partial charge on any atom is 0.155 e. The van der Waals surface area contributed by atoms with E-state index in [0.717, 1.165) is 101 Å². The molecular formula is C117H126Ir5N5O10Si-5. The molecule has 0 saturated heterocycles. The van der Waals surface area contributed by atoms with Gasteiger partial charge in [0.05, 0.1) is 58.9 Å². The molecule has 15 rings (SSSR count). The first-order chi connectivity index (χ1) is 62.5. The zero-order valence-corrected chi connectivity index (χ0v) is 96.7. The van der Waals surface area contributed by atoms with E-state index in [4.69, 9.17) is 45.5 Å². The number of benzene rings is 10. The third-order valence-electron chi connectivity index (χ3n) is 19.4. The first-order valence-electron chi connectivity index (χ1n) is 43.8. The van der Waals surface area contributed by atoms with E-state index in [1.807, 2.05) is 18.3 Å². The van der Waals surface area contributed by atoms with Crippen molar-refractivity contribution in [3.63, 3.8) is 0 Å². The molecule has 5 heterocycles. The average Bonchev–Trinajstić information content (AvgIpc) is 0.817. The van der Waals surface area contributed by atoms with Crippen molar-refractivity contribution < 1.29 is 150 Å². The number of hydrogen-bond donors (Lipinski definition) is 5. The molecule has 0 aliphatic carbocycles. The summed E-state index contributed by atoms with van der Waals surface area (Å²) in [6.07, 6.45) is 7.77. The number of allylic oxidation sites excluding steroid dienone is 10. The molecule has 21 heteroatoms. The van der Waals surface area contributed by atoms with Gasteiger partial charge in [-0.05, 0) is 206 Å². The van der Waals surface area contributed by atoms with Gasteiger partial charge in [-0.2, -0.15) is 0 Å². The van der Waals surface area contributed by atoms with Crippen LogP contribution in [0.15, 0.2) is 272 Å². The van der Waals surface area contributed by atoms with Crippen molar-refractivity contribution in [1.29, 1.82) is 0 Å². The predicted molar refractivity (Wildman–Crippen MR) is 555 cm³/mol. The smallest absolute Gasteiger partial charge is 0.155 e. The normalized spacial score (nSPS) is 10.8. The summed E-state index contributed by atoms with van der Waals surface area (Å²) in [4.78, 5) is 73.8. The molecule has 15 aromatic rings. The van der Waals surface area contributed by atoms with Gasteiger partial charge in [-0.25, -0.2) is 0 Å². The predicted octanol–water partition coefficient (Wildman–Crippen LogP) is 28.5. The SMILES string of the molecule is CC(=O)C=C(C)O.CC(=O)C=C(C)O.CC(=O)C=C(C)O.CC(=O)C=C(C)O.CC(=O)C=C(C)O.Cc1[c-]c(-c2ccc3c(C)cc(C)cc3n2)cc(C)c1.Cc1[c-]c(-c2ccc3cc(C)ccc3n2)cc(C)c1.Cc1[c-]c(-c2ccc3cc([Si](C)(C)C)ccc3n2)cc(C)c1.Cc1[c-]c(-c2ccc3ccc(C)cc3n2)cc(C)c1.Cc1cc[c-]c(-c2ncc3ccccc3c2C)c1.[Ir].[Ir].[Ir].[Ir].[Ir]. The number of aliphatic hydroxyl groups excluding tert-OH is 5. The van der Waals surface area contributed by atoms with Crippen molar-refractivity contribution in [3.8, 4) is 56.3 Å². The fourth-order valence-corrected chi connectivity index (χ4v) is 15.3. The Morgan fingerprint density at radius 2 is 0.609 bits per heavy atom. The standard InChI is InChI=1S/C20H22NSi.C19H18N.2C18H16N.C17H14N.5C5H8O2.5Ir/c1-14-10-15(2)12-17(11-14)20-8-6-16-13-18(22(3,4)5)7-9-19(16)21-20;1-12-7-13(2)10-16(9-12)18-6-5-17-15(4)8-14(3)11-19(17)20-18;1-12-4-6-17-15(9-12)5-7-18(19-17)16-10-13(2)8-14(3)11-16;1-12-4-5-15-6-7-17(19-18(15)11-12)16-9-13(2)8-14(3)10-16;1-12-6-5-8-14(10-12)17-13(2)16-9-4-3-7-15(16)11-18-17;5*1-4(6)3-5(2)7;;;;;/h6-11,13H,1-5H3;5-9,11H,1-4H3;4-10H,1-3H3;4-9,11H,1-3H3;3-7,9-11H,1-2H3;5*3,6H,1-2H3;;;;;/q5*-1;;;;;;;;;;. The van der Waals surface area contributed by atoms with Crippen LogP contribution in [0, 0.1) is 127 Å². The zero-order valence-electron chi connectivity index (χ0n) is 83.8. The number of ketones is 5. The van der Waals surface area contributed by atoms with Gasteiger partial charge in [-0.3, -0.25) is 43.9 Å². The number of aryl methyl sites for hydroxylation is 14. The molecule has 5 radical (unpaired) electrons. The molecular weight excluding hydrogens is 2620 g/mol. The number of rotatable bonds is 11. The fraction of sp³-hybridized carbons (Fsp3) is 0.231. The summed E-state index contributed by atoms with van der Waals surface area (Å²) in [5.74, 6) is -0.312. The number of fused-ring (bicyclic) bond motifs is 5. The monoisotopic (exact) mass is 2750 g/mol. The summed E-state index contributed by atoms with van der Waals surface area (Å²) in [6, 6.07) is 89.2. The van der Waals surface area contributed by atoms with Gasteiger partial charge in [0, 0.05) is 142 Å². The molecule has 0 spiro atoms. The van der Waals surface area contributed by atoms with E-state index in [9.17, 15) is 24.0 Å². The van der Waals surface area contributed by atoms with E-state index in [1.54, 1.807) is 0 Å². The van der Waals surface area contributed by atoms with Crippen molar-refractivity contribution in [2.24, 2.45) is 0 Å². The number of aliphatic hydroxyl groups is 5. The molecule has 0 unspecified atom stereocenters. The van der Waals surface area contributed by atoms with Gasteiger partial charge in [0.2, 0.25) is 0 Å². The van der Waals surface area contributed by atoms with E-state index in [0.29, 0.717) is 0 Å². The number of carbonyl (C=O) groups is 5. The average molecular weight is 2750 g/mol. The Balaban J connectivity index is 0.000000788. The first kappa shape index (κ1) is 125. The summed E-state index contributed by atoms with van der Waals surface area (Å²) in [5, 5.41) is 50.6. The number of aromatic nitrogens is 5. The molecule has 5 N–H and O–H groups in total. The topological polar surface area (TPSA) is 251 Å². The molecule has 0 saturated carbocycles. The van der Waals surface area contributed by atoms with Gasteiger partial charge in [-0.15, -0.1) is 175 Å². The van der Waals surface area contributed by atoms with E-state index in [2.05, 4.69) is 346 Å². The second-order valence-electron chi connectivity index (χ2n) is 34.6. The Morgan fingerprint density at radius 1 is 0.290 bits per heavy atom. The Morgan fingerprint density at radius 3 is 0.986 bits per heavy atom. The Hall–Kier alpha value is -11.2. The van der Waals surface area contributed by atoms with E-state index >= 15 is 0 Å². The van der Waals surface area contributed by atoms with Crippen molar-refractivity contribution in [2.45, 2.75) is 186 Å². The number of nitrogens with zero attached hydrogens (tertiary/aromatic N) is 5. The van der Waals surface area contributed by atoms with E-state index in [-0.39, 0.29) is 158 Å². The fourth-order valence-electron chi connectivity index (χ4n) is 14.2. The van der Waals surface area contributed by atoms with Crippen LogP contribution in [0.2, 0.25) is 19.6 Å². The third kappa shape index (κ3) is 44.3. The molecule has 10 aromatic carbocycles. The van der Waals surface area contributed by atoms with Crippen LogP contribution in [-0.2, 0) is 124 Å². The number of carbonyl (C=O) groups excluding carboxylic acids is 5. The van der Waals surface area contributed by atoms with Gasteiger partial charge in [0.15, 0.2) is 28.9 Å². The van der Waals surface area contributed by atoms with Crippen LogP contribution in [0.5, 0.6) is 0 Å². The molecule has 0 amide bonds. The van der Waals surface area contributed by atoms with Crippen molar-refractivity contribution in [2.75, 3.05) is 0 Å². The van der Waals surface area contributed by atoms with Gasteiger partial charge >= 0.3 is 0 Å². The maximum atomic E-state index is 10.0. The van der Waals surface area contributed by atoms with Crippen molar-refractivity contribution >= 4 is 96.6 Å². The number of hydrogen-bond acceptors (Lipinski definition) is 15. The molecule has 0 atom stereocenters. The minimum Gasteiger partial charge on any atom is -0.512 e. The summed E-state index contributed by atoms with van der Waals surface area (Å²) in [7, 11) is -1.28. The van der Waals surface area contributed by atoms with Gasteiger partial charge in [0.25, 0.3) is 0 Å². The second kappa shape index (κ2) is 60.6. The molecule has 0 aliphatic rings. The number of pyridine rings is 5. The molecule has 733 valence electrons. The largest absolute Gasteiger partial charge is 0.512 e. The minimum absolute atomic E-state index is 0. The summed E-state index contributed by atoms with van der Waals surface area (Å²) in [5.41, 5.74) is 31.7. The molecule has 0 bridgehead atoms. The van der Waals surface area contributed by atoms with Gasteiger partial charge < -0.3 is 30.5 Å². The van der Waals surface area contributed by atoms with Crippen LogP contribution >= 0.6 is 0 Å². The summed E-state index contributed by atoms with van der Waals surface area (Å²) < 4.78 is 0. The molecule has 138 heavy (non-hydrogen) atoms. The summed E-state index contributed by atoms with van der Waals surface area (Å²) in [6.45, 7) is 50.8. The van der Waals surface area contributed by atoms with E-state index < -0.39 is 8.07 Å². The Labute approximate surface area is 885 Å². The van der Waals surface area contributed by atoms with Crippen LogP contribution < -0.4 is 5.19 Å². The minimum atomic E-state index is -1.28. The molecule has 15 nitrogen and oxygen atoms in total. The van der Waals surface area contributed by atoms with E-state index in [1.165, 1.54) is 193 Å². The first-order valence-corrected chi connectivity index (χ1v) is 47.3. The molecule has 5 aromatic heterocycles. The Bertz CT molecular complexity index is 6610. The van der Waals surface area contributed by atoms with Crippen LogP contribution in [0.4, 0.5) is 0 Å². The van der Waals surface area contributed by atoms with Crippen LogP contribution in [0.25, 0.3) is 111 Å². The maximum absolute atomic E-state index is 10.0. The van der Waals surface area contributed by atoms with Crippen LogP contribution in [0.3, 0.4) is 0 Å². The zero-order chi connectivity index (χ0) is 98.8. The van der Waals surface area contributed by atoms with Gasteiger partial charge in [0.1, 0.15) is 0 Å². The Kier molecular flexibility index (Phi) is 54.8. The third-order valence-corrected chi connectivity index (χ3v) is 21.5. The van der Waals surface area contributed by atoms with Gasteiger partial charge in [-0.1, -0.05) is 207 Å². The van der Waals surface area contributed by atoms with Crippen LogP contribution in [-0.4, -0.2) is 87.4 Å². The quantitative estimate of drug-likeness (QED) is 0.0349.